The number of hydrogen-bond donors (Lipinski definition) is 2. The van der Waals surface area contributed by atoms with Crippen LogP contribution in [0.25, 0.3) is 11.6 Å². The fraction of sp³-hybridized carbons (Fsp3) is 0.280. The van der Waals surface area contributed by atoms with Crippen molar-refractivity contribution in [3.05, 3.63) is 87.7 Å². The molecule has 0 aliphatic heterocycles. The third-order valence-electron chi connectivity index (χ3n) is 5.61. The lowest BCUT2D eigenvalue weighted by Crippen LogP contribution is -2.27. The molecular weight excluding hydrogens is 394 g/mol. The van der Waals surface area contributed by atoms with Crippen LogP contribution in [0.4, 0.5) is 0 Å². The maximum atomic E-state index is 13.0. The fourth-order valence-corrected chi connectivity index (χ4v) is 4.21. The molecule has 1 heterocycles. The van der Waals surface area contributed by atoms with Crippen LogP contribution in [0.5, 0.6) is 0 Å². The van der Waals surface area contributed by atoms with Crippen LogP contribution in [0.3, 0.4) is 0 Å². The van der Waals surface area contributed by atoms with Gasteiger partial charge in [-0.1, -0.05) is 60.5 Å². The Hall–Kier alpha value is -2.85. The first kappa shape index (κ1) is 20.4. The number of allylic oxidation sites excluding steroid dienone is 1. The molecule has 154 valence electrons. The normalized spacial score (nSPS) is 16.4. The van der Waals surface area contributed by atoms with Gasteiger partial charge in [0.1, 0.15) is 0 Å². The summed E-state index contributed by atoms with van der Waals surface area (Å²) in [7, 11) is 0. The van der Waals surface area contributed by atoms with Crippen molar-refractivity contribution in [1.29, 1.82) is 0 Å². The highest BCUT2D eigenvalue weighted by Crippen LogP contribution is 2.31. The highest BCUT2D eigenvalue weighted by atomic mass is 35.5. The first-order valence-corrected chi connectivity index (χ1v) is 10.9. The first-order chi connectivity index (χ1) is 14.6. The van der Waals surface area contributed by atoms with Crippen LogP contribution in [0.1, 0.15) is 71.5 Å². The fourth-order valence-electron chi connectivity index (χ4n) is 4.01. The summed E-state index contributed by atoms with van der Waals surface area (Å²) in [5, 5.41) is 11.4. The van der Waals surface area contributed by atoms with Gasteiger partial charge in [0.25, 0.3) is 5.91 Å². The lowest BCUT2D eigenvalue weighted by Gasteiger charge is -2.16. The summed E-state index contributed by atoms with van der Waals surface area (Å²) in [5.41, 5.74) is 5.81. The van der Waals surface area contributed by atoms with Crippen molar-refractivity contribution in [2.24, 2.45) is 0 Å². The Balaban J connectivity index is 1.63. The molecule has 1 aliphatic rings. The van der Waals surface area contributed by atoms with Crippen LogP contribution in [0.2, 0.25) is 5.02 Å². The quantitative estimate of drug-likeness (QED) is 0.528. The number of aromatic amines is 1. The van der Waals surface area contributed by atoms with Gasteiger partial charge in [0.2, 0.25) is 0 Å². The minimum Gasteiger partial charge on any atom is -0.344 e. The van der Waals surface area contributed by atoms with Crippen LogP contribution in [0.15, 0.2) is 54.6 Å². The van der Waals surface area contributed by atoms with Crippen molar-refractivity contribution in [1.82, 2.24) is 15.5 Å². The number of aromatic nitrogens is 2. The Labute approximate surface area is 182 Å². The SMILES string of the molecule is C[C@H](NC(=O)c1n[nH]c2c1CCCCC/C2=C\c1cccc(Cl)c1)c1ccccc1. The zero-order valence-corrected chi connectivity index (χ0v) is 17.9. The first-order valence-electron chi connectivity index (χ1n) is 10.5. The lowest BCUT2D eigenvalue weighted by atomic mass is 9.92. The van der Waals surface area contributed by atoms with E-state index in [4.69, 9.17) is 11.6 Å². The van der Waals surface area contributed by atoms with E-state index in [9.17, 15) is 4.79 Å². The van der Waals surface area contributed by atoms with E-state index in [0.717, 1.165) is 59.5 Å². The monoisotopic (exact) mass is 419 g/mol. The summed E-state index contributed by atoms with van der Waals surface area (Å²) in [4.78, 5) is 13.0. The molecule has 0 radical (unpaired) electrons. The van der Waals surface area contributed by atoms with E-state index in [0.29, 0.717) is 5.69 Å². The van der Waals surface area contributed by atoms with Gasteiger partial charge in [-0.25, -0.2) is 0 Å². The number of hydrogen-bond acceptors (Lipinski definition) is 2. The summed E-state index contributed by atoms with van der Waals surface area (Å²) in [6, 6.07) is 17.7. The van der Waals surface area contributed by atoms with Gasteiger partial charge in [0.15, 0.2) is 5.69 Å². The van der Waals surface area contributed by atoms with Crippen LogP contribution in [0, 0.1) is 0 Å². The maximum absolute atomic E-state index is 13.0. The Morgan fingerprint density at radius 1 is 1.10 bits per heavy atom. The molecule has 0 saturated heterocycles. The molecule has 2 N–H and O–H groups in total. The Morgan fingerprint density at radius 3 is 2.70 bits per heavy atom. The van der Waals surface area contributed by atoms with E-state index in [1.807, 2.05) is 61.5 Å². The van der Waals surface area contributed by atoms with E-state index in [1.165, 1.54) is 5.57 Å². The summed E-state index contributed by atoms with van der Waals surface area (Å²) in [5.74, 6) is -0.133. The molecule has 4 nitrogen and oxygen atoms in total. The minimum absolute atomic E-state index is 0.0823. The average molecular weight is 420 g/mol. The highest BCUT2D eigenvalue weighted by Gasteiger charge is 2.23. The summed E-state index contributed by atoms with van der Waals surface area (Å²) < 4.78 is 0. The topological polar surface area (TPSA) is 57.8 Å². The second-order valence-electron chi connectivity index (χ2n) is 7.82. The van der Waals surface area contributed by atoms with Crippen molar-refractivity contribution in [3.63, 3.8) is 0 Å². The molecule has 0 bridgehead atoms. The third kappa shape index (κ3) is 4.65. The number of fused-ring (bicyclic) bond motifs is 1. The summed E-state index contributed by atoms with van der Waals surface area (Å²) >= 11 is 6.16. The number of H-pyrrole nitrogens is 1. The Bertz CT molecular complexity index is 1060. The average Bonchev–Trinajstić information content (AvgIpc) is 3.14. The van der Waals surface area contributed by atoms with Crippen molar-refractivity contribution in [2.45, 2.75) is 45.1 Å². The van der Waals surface area contributed by atoms with Crippen LogP contribution in [-0.2, 0) is 6.42 Å². The van der Waals surface area contributed by atoms with Gasteiger partial charge in [-0.15, -0.1) is 0 Å². The third-order valence-corrected chi connectivity index (χ3v) is 5.85. The second-order valence-corrected chi connectivity index (χ2v) is 8.25. The van der Waals surface area contributed by atoms with Gasteiger partial charge in [-0.2, -0.15) is 5.10 Å². The number of nitrogens with zero attached hydrogens (tertiary/aromatic N) is 1. The van der Waals surface area contributed by atoms with Crippen LogP contribution >= 0.6 is 11.6 Å². The van der Waals surface area contributed by atoms with E-state index in [2.05, 4.69) is 21.6 Å². The van der Waals surface area contributed by atoms with Crippen molar-refractivity contribution in [3.8, 4) is 0 Å². The number of carbonyl (C=O) groups excluding carboxylic acids is 1. The number of halogens is 1. The zero-order chi connectivity index (χ0) is 20.9. The van der Waals surface area contributed by atoms with Gasteiger partial charge in [-0.05, 0) is 67.5 Å². The van der Waals surface area contributed by atoms with E-state index < -0.39 is 0 Å². The predicted molar refractivity (Wildman–Crippen MR) is 122 cm³/mol. The standard InChI is InChI=1S/C25H26ClN3O/c1-17(19-10-4-2-5-11-19)27-25(30)24-22-14-7-3-6-12-20(23(22)28-29-24)15-18-9-8-13-21(26)16-18/h2,4-5,8-11,13,15-17H,3,6-7,12,14H2,1H3,(H,27,30)(H,28,29)/b20-15+/t17-/m0/s1. The largest absolute Gasteiger partial charge is 0.344 e. The predicted octanol–water partition coefficient (Wildman–Crippen LogP) is 6.21. The van der Waals surface area contributed by atoms with Crippen molar-refractivity contribution >= 4 is 29.2 Å². The van der Waals surface area contributed by atoms with Gasteiger partial charge >= 0.3 is 0 Å². The molecule has 5 heteroatoms. The molecule has 1 amide bonds. The molecule has 1 atom stereocenters. The van der Waals surface area contributed by atoms with Crippen molar-refractivity contribution in [2.75, 3.05) is 0 Å². The van der Waals surface area contributed by atoms with Gasteiger partial charge in [-0.3, -0.25) is 9.89 Å². The maximum Gasteiger partial charge on any atom is 0.272 e. The molecule has 1 aliphatic carbocycles. The molecule has 30 heavy (non-hydrogen) atoms. The van der Waals surface area contributed by atoms with Crippen LogP contribution < -0.4 is 5.32 Å². The van der Waals surface area contributed by atoms with Gasteiger partial charge < -0.3 is 5.32 Å². The molecule has 0 unspecified atom stereocenters. The highest BCUT2D eigenvalue weighted by molar-refractivity contribution is 6.30. The molecule has 0 saturated carbocycles. The van der Waals surface area contributed by atoms with E-state index >= 15 is 0 Å². The smallest absolute Gasteiger partial charge is 0.272 e. The molecule has 1 aromatic heterocycles. The van der Waals surface area contributed by atoms with Gasteiger partial charge in [0.05, 0.1) is 11.7 Å². The molecule has 4 rings (SSSR count). The molecule has 3 aromatic rings. The zero-order valence-electron chi connectivity index (χ0n) is 17.1. The lowest BCUT2D eigenvalue weighted by molar-refractivity contribution is 0.0934. The Morgan fingerprint density at radius 2 is 1.90 bits per heavy atom. The molecule has 0 fully saturated rings. The second kappa shape index (κ2) is 9.31. The van der Waals surface area contributed by atoms with Crippen molar-refractivity contribution < 1.29 is 4.79 Å². The van der Waals surface area contributed by atoms with E-state index in [1.54, 1.807) is 0 Å². The number of benzene rings is 2. The number of amides is 1. The van der Waals surface area contributed by atoms with Gasteiger partial charge in [0, 0.05) is 10.6 Å². The Kier molecular flexibility index (Phi) is 6.34. The summed E-state index contributed by atoms with van der Waals surface area (Å²) in [6.07, 6.45) is 7.27. The van der Waals surface area contributed by atoms with E-state index in [-0.39, 0.29) is 11.9 Å². The van der Waals surface area contributed by atoms with Crippen LogP contribution in [-0.4, -0.2) is 16.1 Å². The number of rotatable bonds is 4. The minimum atomic E-state index is -0.133. The molecular formula is C25H26ClN3O. The molecule has 0 spiro atoms. The summed E-state index contributed by atoms with van der Waals surface area (Å²) in [6.45, 7) is 1.99. The molecule has 2 aromatic carbocycles. The number of nitrogens with one attached hydrogen (secondary N) is 2. The number of carbonyl (C=O) groups is 1.